The minimum absolute atomic E-state index is 0.0127. The number of hydrogen-bond donors (Lipinski definition) is 0. The standard InChI is InChI=1S/C21H18N4O.C20H24BN3O2.C7H6BrNO/c1-3-17-6-4-9-21(23-17)25-20-12-15(10-11-16(20)13-22-25)19-8-5-7-18(24-19)14(2)26;1-6-16-8-7-9-18(23-16)24-17-12-15(11-10-14(17)13-22-24)21-25-19(2,3)20(4,5)26-21;1-5(10)6-3-2-4-7(8)9-6/h4-13H,3H2,1-2H3;7-13H,6H2,1-5H3;2-4H,1H3. The maximum atomic E-state index is 11.6. The number of ketones is 2. The molecular weight excluding hydrogens is 843 g/mol. The minimum atomic E-state index is -0.386. The van der Waals surface area contributed by atoms with E-state index in [1.54, 1.807) is 24.3 Å². The number of halogens is 1. The number of hydrogen-bond acceptors (Lipinski definition) is 10. The molecule has 12 nitrogen and oxygen atoms in total. The van der Waals surface area contributed by atoms with Crippen LogP contribution in [0.15, 0.2) is 126 Å². The van der Waals surface area contributed by atoms with Crippen molar-refractivity contribution in [1.82, 2.24) is 39.5 Å². The average molecular weight is 892 g/mol. The van der Waals surface area contributed by atoms with E-state index in [4.69, 9.17) is 14.3 Å². The number of aromatic nitrogens is 8. The number of pyridine rings is 4. The Morgan fingerprint density at radius 1 is 0.613 bits per heavy atom. The summed E-state index contributed by atoms with van der Waals surface area (Å²) in [6.07, 6.45) is 5.47. The summed E-state index contributed by atoms with van der Waals surface area (Å²) in [5, 5.41) is 11.1. The quantitative estimate of drug-likeness (QED) is 0.0823. The topological polar surface area (TPSA) is 140 Å². The summed E-state index contributed by atoms with van der Waals surface area (Å²) >= 11 is 3.17. The van der Waals surface area contributed by atoms with Gasteiger partial charge in [0, 0.05) is 41.6 Å². The largest absolute Gasteiger partial charge is 0.494 e. The van der Waals surface area contributed by atoms with Gasteiger partial charge in [-0.05, 0) is 123 Å². The van der Waals surface area contributed by atoms with Crippen molar-refractivity contribution in [3.63, 3.8) is 0 Å². The average Bonchev–Trinajstić information content (AvgIpc) is 3.96. The number of rotatable bonds is 8. The highest BCUT2D eigenvalue weighted by molar-refractivity contribution is 9.10. The van der Waals surface area contributed by atoms with Crippen molar-refractivity contribution in [3.8, 4) is 22.9 Å². The van der Waals surface area contributed by atoms with Gasteiger partial charge in [0.25, 0.3) is 0 Å². The molecule has 62 heavy (non-hydrogen) atoms. The summed E-state index contributed by atoms with van der Waals surface area (Å²) in [5.74, 6) is 1.56. The monoisotopic (exact) mass is 890 g/mol. The van der Waals surface area contributed by atoms with Gasteiger partial charge in [0.15, 0.2) is 23.2 Å². The highest BCUT2D eigenvalue weighted by Gasteiger charge is 2.51. The number of Topliss-reactive ketones (excluding diaryl/α,β-unsaturated/α-hetero) is 2. The van der Waals surface area contributed by atoms with Crippen LogP contribution in [0, 0.1) is 0 Å². The van der Waals surface area contributed by atoms with Crippen LogP contribution in [-0.4, -0.2) is 69.4 Å². The SMILES string of the molecule is CC(=O)c1cccc(Br)n1.CCc1cccc(-n2ncc3ccc(-c4cccc(C(C)=O)n4)cc32)n1.CCc1cccc(-n2ncc3ccc(B4OC(C)(C)C(C)(C)O4)cc32)n1. The van der Waals surface area contributed by atoms with Crippen LogP contribution >= 0.6 is 15.9 Å². The van der Waals surface area contributed by atoms with Crippen molar-refractivity contribution < 1.29 is 18.9 Å². The third kappa shape index (κ3) is 9.62. The molecule has 0 spiro atoms. The fraction of sp³-hybridized carbons (Fsp3) is 0.250. The normalized spacial score (nSPS) is 13.9. The van der Waals surface area contributed by atoms with Crippen LogP contribution in [0.3, 0.4) is 0 Å². The Morgan fingerprint density at radius 2 is 1.11 bits per heavy atom. The molecular formula is C48H48BBrN8O4. The van der Waals surface area contributed by atoms with Crippen LogP contribution in [0.4, 0.5) is 0 Å². The molecule has 0 radical (unpaired) electrons. The van der Waals surface area contributed by atoms with Crippen LogP contribution in [-0.2, 0) is 22.2 Å². The molecule has 6 aromatic heterocycles. The fourth-order valence-electron chi connectivity index (χ4n) is 6.66. The van der Waals surface area contributed by atoms with Crippen molar-refractivity contribution in [3.05, 3.63) is 149 Å². The molecule has 0 unspecified atom stereocenters. The van der Waals surface area contributed by atoms with E-state index in [0.29, 0.717) is 16.0 Å². The predicted molar refractivity (Wildman–Crippen MR) is 247 cm³/mol. The Bertz CT molecular complexity index is 2890. The molecule has 9 rings (SSSR count). The van der Waals surface area contributed by atoms with Gasteiger partial charge in [-0.25, -0.2) is 29.3 Å². The van der Waals surface area contributed by atoms with Crippen molar-refractivity contribution >= 4 is 61.9 Å². The molecule has 0 aliphatic carbocycles. The predicted octanol–water partition coefficient (Wildman–Crippen LogP) is 9.58. The molecule has 0 bridgehead atoms. The second-order valence-electron chi connectivity index (χ2n) is 15.8. The maximum Gasteiger partial charge on any atom is 0.494 e. The van der Waals surface area contributed by atoms with E-state index in [1.807, 2.05) is 94.6 Å². The van der Waals surface area contributed by atoms with Gasteiger partial charge in [-0.15, -0.1) is 0 Å². The van der Waals surface area contributed by atoms with Gasteiger partial charge in [-0.3, -0.25) is 9.59 Å². The number of carbonyl (C=O) groups is 2. The number of aryl methyl sites for hydroxylation is 2. The lowest BCUT2D eigenvalue weighted by molar-refractivity contribution is 0.00578. The van der Waals surface area contributed by atoms with E-state index < -0.39 is 0 Å². The Balaban J connectivity index is 0.000000153. The molecule has 1 fully saturated rings. The zero-order valence-corrected chi connectivity index (χ0v) is 37.7. The van der Waals surface area contributed by atoms with Crippen molar-refractivity contribution in [1.29, 1.82) is 0 Å². The molecule has 0 atom stereocenters. The summed E-state index contributed by atoms with van der Waals surface area (Å²) in [6, 6.07) is 35.0. The molecule has 8 aromatic rings. The number of benzene rings is 2. The van der Waals surface area contributed by atoms with Crippen LogP contribution in [0.2, 0.25) is 0 Å². The second-order valence-corrected chi connectivity index (χ2v) is 16.7. The molecule has 0 amide bonds. The molecule has 0 N–H and O–H groups in total. The molecule has 1 aliphatic rings. The molecule has 1 aliphatic heterocycles. The Labute approximate surface area is 370 Å². The molecule has 1 saturated heterocycles. The summed E-state index contributed by atoms with van der Waals surface area (Å²) in [7, 11) is -0.386. The van der Waals surface area contributed by atoms with Crippen LogP contribution in [0.25, 0.3) is 44.7 Å². The first-order valence-electron chi connectivity index (χ1n) is 20.5. The van der Waals surface area contributed by atoms with Crippen molar-refractivity contribution in [2.75, 3.05) is 0 Å². The van der Waals surface area contributed by atoms with Gasteiger partial charge < -0.3 is 9.31 Å². The van der Waals surface area contributed by atoms with Gasteiger partial charge in [0.1, 0.15) is 16.0 Å². The minimum Gasteiger partial charge on any atom is -0.399 e. The maximum absolute atomic E-state index is 11.6. The molecule has 314 valence electrons. The smallest absolute Gasteiger partial charge is 0.399 e. The summed E-state index contributed by atoms with van der Waals surface area (Å²) < 4.78 is 16.8. The van der Waals surface area contributed by atoms with Crippen molar-refractivity contribution in [2.45, 2.75) is 79.4 Å². The summed E-state index contributed by atoms with van der Waals surface area (Å²) in [5.41, 5.74) is 6.97. The Morgan fingerprint density at radius 3 is 1.63 bits per heavy atom. The third-order valence-electron chi connectivity index (χ3n) is 10.9. The van der Waals surface area contributed by atoms with E-state index in [9.17, 15) is 9.59 Å². The zero-order valence-electron chi connectivity index (χ0n) is 36.1. The molecule has 2 aromatic carbocycles. The van der Waals surface area contributed by atoms with Crippen molar-refractivity contribution in [2.24, 2.45) is 0 Å². The van der Waals surface area contributed by atoms with Crippen LogP contribution < -0.4 is 5.46 Å². The lowest BCUT2D eigenvalue weighted by Crippen LogP contribution is -2.41. The van der Waals surface area contributed by atoms with E-state index >= 15 is 0 Å². The lowest BCUT2D eigenvalue weighted by Gasteiger charge is -2.32. The number of nitrogens with zero attached hydrogens (tertiary/aromatic N) is 8. The van der Waals surface area contributed by atoms with E-state index in [2.05, 4.69) is 94.8 Å². The van der Waals surface area contributed by atoms with Gasteiger partial charge in [-0.2, -0.15) is 10.2 Å². The highest BCUT2D eigenvalue weighted by atomic mass is 79.9. The van der Waals surface area contributed by atoms with E-state index in [-0.39, 0.29) is 29.9 Å². The fourth-order valence-corrected chi connectivity index (χ4v) is 7.01. The van der Waals surface area contributed by atoms with E-state index in [1.165, 1.54) is 13.8 Å². The van der Waals surface area contributed by atoms with E-state index in [0.717, 1.165) is 74.4 Å². The first-order chi connectivity index (χ1) is 29.7. The van der Waals surface area contributed by atoms with Gasteiger partial charge in [0.2, 0.25) is 0 Å². The molecule has 0 saturated carbocycles. The first kappa shape index (κ1) is 43.9. The lowest BCUT2D eigenvalue weighted by atomic mass is 9.79. The van der Waals surface area contributed by atoms with Gasteiger partial charge >= 0.3 is 7.12 Å². The molecule has 7 heterocycles. The first-order valence-corrected chi connectivity index (χ1v) is 21.3. The molecule has 14 heteroatoms. The summed E-state index contributed by atoms with van der Waals surface area (Å²) in [6.45, 7) is 15.5. The number of fused-ring (bicyclic) bond motifs is 2. The zero-order chi connectivity index (χ0) is 44.2. The Kier molecular flexibility index (Phi) is 13.0. The van der Waals surface area contributed by atoms with Gasteiger partial charge in [-0.1, -0.05) is 62.4 Å². The number of carbonyl (C=O) groups excluding carboxylic acids is 2. The van der Waals surface area contributed by atoms with Gasteiger partial charge in [0.05, 0.1) is 40.3 Å². The second kappa shape index (κ2) is 18.4. The van der Waals surface area contributed by atoms with Crippen LogP contribution in [0.5, 0.6) is 0 Å². The Hall–Kier alpha value is -6.22. The highest BCUT2D eigenvalue weighted by Crippen LogP contribution is 2.36. The van der Waals surface area contributed by atoms with Crippen LogP contribution in [0.1, 0.15) is 87.8 Å². The summed E-state index contributed by atoms with van der Waals surface area (Å²) in [4.78, 5) is 40.1. The third-order valence-corrected chi connectivity index (χ3v) is 11.4.